The molecule has 0 aliphatic heterocycles. The van der Waals surface area contributed by atoms with Crippen LogP contribution in [-0.2, 0) is 17.8 Å². The first-order chi connectivity index (χ1) is 17.1. The molecule has 0 unspecified atom stereocenters. The van der Waals surface area contributed by atoms with Crippen LogP contribution in [0.2, 0.25) is 0 Å². The minimum atomic E-state index is -0.433. The topological polar surface area (TPSA) is 92.8 Å². The standard InChI is InChI=1S/C28H30N2O5/c1-33-17-18-10-20(19-8-9-26(34-2)27(14-19)35-3)12-21(11-18)28(32)30-23(16-31)13-22-15-29-25-7-5-4-6-24(22)25/h4-12,14-15,23,29,31H,13,16-17H2,1-3H3,(H,30,32)/t23-/m1/s1. The molecule has 0 spiro atoms. The van der Waals surface area contributed by atoms with Gasteiger partial charge in [-0.05, 0) is 65.1 Å². The van der Waals surface area contributed by atoms with E-state index in [0.29, 0.717) is 30.1 Å². The van der Waals surface area contributed by atoms with Gasteiger partial charge in [0.1, 0.15) is 0 Å². The van der Waals surface area contributed by atoms with E-state index in [-0.39, 0.29) is 12.5 Å². The zero-order valence-electron chi connectivity index (χ0n) is 20.1. The van der Waals surface area contributed by atoms with Gasteiger partial charge < -0.3 is 29.6 Å². The number of carbonyl (C=O) groups is 1. The molecule has 4 aromatic rings. The minimum Gasteiger partial charge on any atom is -0.493 e. The zero-order valence-corrected chi connectivity index (χ0v) is 20.1. The molecule has 0 aliphatic rings. The molecule has 3 aromatic carbocycles. The van der Waals surface area contributed by atoms with E-state index in [4.69, 9.17) is 14.2 Å². The summed E-state index contributed by atoms with van der Waals surface area (Å²) < 4.78 is 16.1. The molecule has 1 aromatic heterocycles. The Bertz CT molecular complexity index is 1310. The van der Waals surface area contributed by atoms with Crippen LogP contribution in [0.25, 0.3) is 22.0 Å². The van der Waals surface area contributed by atoms with Crippen LogP contribution in [0.15, 0.2) is 66.9 Å². The van der Waals surface area contributed by atoms with Gasteiger partial charge in [0.05, 0.1) is 33.5 Å². The predicted octanol–water partition coefficient (Wildman–Crippen LogP) is 4.33. The first-order valence-corrected chi connectivity index (χ1v) is 11.4. The number of H-pyrrole nitrogens is 1. The van der Waals surface area contributed by atoms with Crippen molar-refractivity contribution in [3.8, 4) is 22.6 Å². The highest BCUT2D eigenvalue weighted by molar-refractivity contribution is 5.96. The maximum atomic E-state index is 13.3. The molecule has 182 valence electrons. The van der Waals surface area contributed by atoms with E-state index in [1.165, 1.54) is 0 Å². The van der Waals surface area contributed by atoms with Gasteiger partial charge in [0.2, 0.25) is 0 Å². The summed E-state index contributed by atoms with van der Waals surface area (Å²) in [4.78, 5) is 16.5. The smallest absolute Gasteiger partial charge is 0.251 e. The maximum Gasteiger partial charge on any atom is 0.251 e. The summed E-state index contributed by atoms with van der Waals surface area (Å²) in [5, 5.41) is 14.1. The van der Waals surface area contributed by atoms with Crippen molar-refractivity contribution in [2.75, 3.05) is 27.9 Å². The quantitative estimate of drug-likeness (QED) is 0.318. The first-order valence-electron chi connectivity index (χ1n) is 11.4. The maximum absolute atomic E-state index is 13.3. The third kappa shape index (κ3) is 5.48. The molecule has 1 atom stereocenters. The molecule has 7 nitrogen and oxygen atoms in total. The number of ether oxygens (including phenoxy) is 3. The van der Waals surface area contributed by atoms with Crippen LogP contribution >= 0.6 is 0 Å². The Balaban J connectivity index is 1.60. The fourth-order valence-electron chi connectivity index (χ4n) is 4.25. The number of fused-ring (bicyclic) bond motifs is 1. The Hall–Kier alpha value is -3.81. The highest BCUT2D eigenvalue weighted by Gasteiger charge is 2.17. The van der Waals surface area contributed by atoms with Gasteiger partial charge in [-0.1, -0.05) is 24.3 Å². The number of nitrogens with one attached hydrogen (secondary N) is 2. The van der Waals surface area contributed by atoms with Crippen LogP contribution in [0.4, 0.5) is 0 Å². The minimum absolute atomic E-state index is 0.175. The predicted molar refractivity (Wildman–Crippen MR) is 136 cm³/mol. The third-order valence-electron chi connectivity index (χ3n) is 5.98. The molecule has 0 saturated carbocycles. The molecule has 3 N–H and O–H groups in total. The van der Waals surface area contributed by atoms with Gasteiger partial charge >= 0.3 is 0 Å². The fourth-order valence-corrected chi connectivity index (χ4v) is 4.25. The summed E-state index contributed by atoms with van der Waals surface area (Å²) >= 11 is 0. The van der Waals surface area contributed by atoms with Crippen molar-refractivity contribution in [2.45, 2.75) is 19.1 Å². The van der Waals surface area contributed by atoms with Crippen LogP contribution in [-0.4, -0.2) is 50.0 Å². The number of aliphatic hydroxyl groups is 1. The molecule has 0 radical (unpaired) electrons. The number of benzene rings is 3. The van der Waals surface area contributed by atoms with Crippen LogP contribution in [0.5, 0.6) is 11.5 Å². The van der Waals surface area contributed by atoms with E-state index >= 15 is 0 Å². The zero-order chi connectivity index (χ0) is 24.8. The van der Waals surface area contributed by atoms with E-state index in [2.05, 4.69) is 10.3 Å². The molecule has 7 heteroatoms. The molecule has 1 heterocycles. The van der Waals surface area contributed by atoms with Gasteiger partial charge in [-0.3, -0.25) is 4.79 Å². The molecule has 1 amide bonds. The summed E-state index contributed by atoms with van der Waals surface area (Å²) in [6.07, 6.45) is 2.43. The van der Waals surface area contributed by atoms with Crippen molar-refractivity contribution in [3.63, 3.8) is 0 Å². The highest BCUT2D eigenvalue weighted by Crippen LogP contribution is 2.33. The highest BCUT2D eigenvalue weighted by atomic mass is 16.5. The van der Waals surface area contributed by atoms with Crippen molar-refractivity contribution < 1.29 is 24.1 Å². The first kappa shape index (κ1) is 24.3. The summed E-state index contributed by atoms with van der Waals surface area (Å²) in [6, 6.07) is 18.8. The fraction of sp³-hybridized carbons (Fsp3) is 0.250. The van der Waals surface area contributed by atoms with Crippen molar-refractivity contribution in [1.29, 1.82) is 0 Å². The second-order valence-electron chi connectivity index (χ2n) is 8.34. The van der Waals surface area contributed by atoms with Crippen molar-refractivity contribution in [3.05, 3.63) is 83.6 Å². The SMILES string of the molecule is COCc1cc(C(=O)N[C@@H](CO)Cc2c[nH]c3ccccc23)cc(-c2ccc(OC)c(OC)c2)c1. The lowest BCUT2D eigenvalue weighted by Gasteiger charge is -2.17. The van der Waals surface area contributed by atoms with E-state index in [9.17, 15) is 9.90 Å². The summed E-state index contributed by atoms with van der Waals surface area (Å²) in [7, 11) is 4.80. The normalized spacial score (nSPS) is 11.9. The Morgan fingerprint density at radius 1 is 0.971 bits per heavy atom. The van der Waals surface area contributed by atoms with Crippen molar-refractivity contribution in [2.24, 2.45) is 0 Å². The Morgan fingerprint density at radius 3 is 2.51 bits per heavy atom. The van der Waals surface area contributed by atoms with E-state index < -0.39 is 6.04 Å². The average molecular weight is 475 g/mol. The molecule has 0 saturated heterocycles. The largest absolute Gasteiger partial charge is 0.493 e. The van der Waals surface area contributed by atoms with Crippen LogP contribution < -0.4 is 14.8 Å². The summed E-state index contributed by atoms with van der Waals surface area (Å²) in [5.41, 5.74) is 5.15. The van der Waals surface area contributed by atoms with Crippen molar-refractivity contribution in [1.82, 2.24) is 10.3 Å². The van der Waals surface area contributed by atoms with Gasteiger partial charge in [0.15, 0.2) is 11.5 Å². The summed E-state index contributed by atoms with van der Waals surface area (Å²) in [6.45, 7) is 0.186. The Labute approximate surface area is 204 Å². The monoisotopic (exact) mass is 474 g/mol. The van der Waals surface area contributed by atoms with Crippen molar-refractivity contribution >= 4 is 16.8 Å². The Morgan fingerprint density at radius 2 is 1.77 bits per heavy atom. The third-order valence-corrected chi connectivity index (χ3v) is 5.98. The molecule has 0 aliphatic carbocycles. The van der Waals surface area contributed by atoms with E-state index in [1.54, 1.807) is 21.3 Å². The summed E-state index contributed by atoms with van der Waals surface area (Å²) in [5.74, 6) is 0.973. The molecule has 4 rings (SSSR count). The second-order valence-corrected chi connectivity index (χ2v) is 8.34. The second kappa shape index (κ2) is 11.1. The van der Waals surface area contributed by atoms with E-state index in [1.807, 2.05) is 66.9 Å². The van der Waals surface area contributed by atoms with Crippen LogP contribution in [0, 0.1) is 0 Å². The molecule has 0 bridgehead atoms. The lowest BCUT2D eigenvalue weighted by molar-refractivity contribution is 0.0916. The average Bonchev–Trinajstić information content (AvgIpc) is 3.30. The molecular weight excluding hydrogens is 444 g/mol. The lowest BCUT2D eigenvalue weighted by atomic mass is 9.98. The Kier molecular flexibility index (Phi) is 7.70. The van der Waals surface area contributed by atoms with Gasteiger partial charge in [-0.25, -0.2) is 0 Å². The number of aromatic amines is 1. The van der Waals surface area contributed by atoms with Gasteiger partial charge in [-0.2, -0.15) is 0 Å². The number of hydrogen-bond donors (Lipinski definition) is 3. The van der Waals surface area contributed by atoms with Gasteiger partial charge in [0, 0.05) is 29.8 Å². The van der Waals surface area contributed by atoms with E-state index in [0.717, 1.165) is 33.2 Å². The molecule has 35 heavy (non-hydrogen) atoms. The lowest BCUT2D eigenvalue weighted by Crippen LogP contribution is -2.39. The number of rotatable bonds is 10. The number of amides is 1. The number of aliphatic hydroxyl groups excluding tert-OH is 1. The molecule has 0 fully saturated rings. The number of methoxy groups -OCH3 is 3. The van der Waals surface area contributed by atoms with Crippen LogP contribution in [0.1, 0.15) is 21.5 Å². The van der Waals surface area contributed by atoms with Gasteiger partial charge in [-0.15, -0.1) is 0 Å². The number of para-hydroxylation sites is 1. The van der Waals surface area contributed by atoms with Crippen LogP contribution in [0.3, 0.4) is 0 Å². The molecular formula is C28H30N2O5. The number of hydrogen-bond acceptors (Lipinski definition) is 5. The number of aromatic nitrogens is 1. The number of carbonyl (C=O) groups excluding carboxylic acids is 1. The van der Waals surface area contributed by atoms with Gasteiger partial charge in [0.25, 0.3) is 5.91 Å².